The van der Waals surface area contributed by atoms with Gasteiger partial charge in [-0.05, 0) is 61.2 Å². The van der Waals surface area contributed by atoms with E-state index in [0.717, 1.165) is 10.4 Å². The number of carbonyl (C=O) groups excluding carboxylic acids is 2. The van der Waals surface area contributed by atoms with Crippen LogP contribution in [-0.4, -0.2) is 18.9 Å². The minimum Gasteiger partial charge on any atom is -0.497 e. The first kappa shape index (κ1) is 19.0. The lowest BCUT2D eigenvalue weighted by Crippen LogP contribution is -2.09. The number of aryl methyl sites for hydroxylation is 1. The molecule has 0 atom stereocenters. The minimum atomic E-state index is -0.513. The summed E-state index contributed by atoms with van der Waals surface area (Å²) in [5.41, 5.74) is 2.51. The zero-order chi connectivity index (χ0) is 20.5. The van der Waals surface area contributed by atoms with Crippen molar-refractivity contribution in [3.63, 3.8) is 0 Å². The number of carbonyl (C=O) groups is 2. The molecule has 2 heterocycles. The summed E-state index contributed by atoms with van der Waals surface area (Å²) in [6, 6.07) is 12.0. The average molecular weight is 406 g/mol. The number of methoxy groups -OCH3 is 1. The standard InChI is InChI=1S/C23H18O5S/c1-13-9-10-29-20(13)12-19-21(24)17-7-8-18(14(2)22(17)27-19)28-23(25)15-5-4-6-16(11-15)26-3/h4-12H,1-3H3/b19-12-. The SMILES string of the molecule is COc1cccc(C(=O)Oc2ccc3c(c2C)O/C(=C\c2sccc2C)C3=O)c1. The van der Waals surface area contributed by atoms with Crippen LogP contribution in [0, 0.1) is 13.8 Å². The van der Waals surface area contributed by atoms with Gasteiger partial charge in [-0.15, -0.1) is 11.3 Å². The number of hydrogen-bond donors (Lipinski definition) is 0. The number of thiophene rings is 1. The fraction of sp³-hybridized carbons (Fsp3) is 0.130. The Hall–Kier alpha value is -3.38. The van der Waals surface area contributed by atoms with E-state index in [2.05, 4.69) is 0 Å². The lowest BCUT2D eigenvalue weighted by Gasteiger charge is -2.10. The molecule has 1 aromatic heterocycles. The summed E-state index contributed by atoms with van der Waals surface area (Å²) in [6.45, 7) is 3.75. The fourth-order valence-electron chi connectivity index (χ4n) is 3.04. The van der Waals surface area contributed by atoms with Gasteiger partial charge < -0.3 is 14.2 Å². The number of rotatable bonds is 4. The summed E-state index contributed by atoms with van der Waals surface area (Å²) in [5, 5.41) is 1.97. The molecule has 0 radical (unpaired) electrons. The van der Waals surface area contributed by atoms with Crippen LogP contribution in [0.15, 0.2) is 53.6 Å². The largest absolute Gasteiger partial charge is 0.497 e. The van der Waals surface area contributed by atoms with E-state index >= 15 is 0 Å². The molecule has 1 aliphatic rings. The minimum absolute atomic E-state index is 0.179. The van der Waals surface area contributed by atoms with Crippen LogP contribution in [-0.2, 0) is 0 Å². The van der Waals surface area contributed by atoms with E-state index in [9.17, 15) is 9.59 Å². The Kier molecular flexibility index (Phi) is 4.94. The Morgan fingerprint density at radius 3 is 2.69 bits per heavy atom. The Morgan fingerprint density at radius 2 is 1.97 bits per heavy atom. The molecule has 1 aliphatic heterocycles. The van der Waals surface area contributed by atoms with Gasteiger partial charge in [-0.25, -0.2) is 4.79 Å². The van der Waals surface area contributed by atoms with Crippen molar-refractivity contribution in [2.75, 3.05) is 7.11 Å². The van der Waals surface area contributed by atoms with Crippen LogP contribution in [0.4, 0.5) is 0 Å². The van der Waals surface area contributed by atoms with Gasteiger partial charge in [-0.1, -0.05) is 6.07 Å². The first-order valence-corrected chi connectivity index (χ1v) is 9.84. The Bertz CT molecular complexity index is 1160. The Balaban J connectivity index is 1.61. The summed E-state index contributed by atoms with van der Waals surface area (Å²) in [7, 11) is 1.53. The third kappa shape index (κ3) is 3.54. The predicted molar refractivity (Wildman–Crippen MR) is 111 cm³/mol. The second kappa shape index (κ2) is 7.56. The Morgan fingerprint density at radius 1 is 1.14 bits per heavy atom. The lowest BCUT2D eigenvalue weighted by atomic mass is 10.1. The summed E-state index contributed by atoms with van der Waals surface area (Å²) >= 11 is 1.55. The highest BCUT2D eigenvalue weighted by molar-refractivity contribution is 7.11. The maximum atomic E-state index is 12.7. The van der Waals surface area contributed by atoms with Crippen LogP contribution in [0.2, 0.25) is 0 Å². The van der Waals surface area contributed by atoms with Crippen LogP contribution in [0.1, 0.15) is 36.7 Å². The molecule has 0 saturated heterocycles. The molecule has 0 aliphatic carbocycles. The molecule has 29 heavy (non-hydrogen) atoms. The van der Waals surface area contributed by atoms with Gasteiger partial charge in [-0.2, -0.15) is 0 Å². The maximum absolute atomic E-state index is 12.7. The lowest BCUT2D eigenvalue weighted by molar-refractivity contribution is 0.0732. The van der Waals surface area contributed by atoms with Gasteiger partial charge in [0.1, 0.15) is 17.2 Å². The number of benzene rings is 2. The highest BCUT2D eigenvalue weighted by Gasteiger charge is 2.30. The van der Waals surface area contributed by atoms with E-state index in [4.69, 9.17) is 14.2 Å². The number of ether oxygens (including phenoxy) is 3. The van der Waals surface area contributed by atoms with Crippen molar-refractivity contribution in [3.05, 3.63) is 80.7 Å². The highest BCUT2D eigenvalue weighted by Crippen LogP contribution is 2.40. The van der Waals surface area contributed by atoms with Gasteiger partial charge in [0.2, 0.25) is 5.78 Å². The monoisotopic (exact) mass is 406 g/mol. The topological polar surface area (TPSA) is 61.8 Å². The van der Waals surface area contributed by atoms with Crippen LogP contribution < -0.4 is 14.2 Å². The van der Waals surface area contributed by atoms with Gasteiger partial charge in [-0.3, -0.25) is 4.79 Å². The number of Topliss-reactive ketones (excluding diaryl/α,β-unsaturated/α-hetero) is 1. The van der Waals surface area contributed by atoms with E-state index < -0.39 is 5.97 Å². The van der Waals surface area contributed by atoms with Crippen molar-refractivity contribution in [1.29, 1.82) is 0 Å². The molecule has 3 aromatic rings. The molecule has 0 unspecified atom stereocenters. The number of ketones is 1. The molecule has 0 N–H and O–H groups in total. The van der Waals surface area contributed by atoms with Crippen molar-refractivity contribution in [2.45, 2.75) is 13.8 Å². The van der Waals surface area contributed by atoms with E-state index in [1.165, 1.54) is 7.11 Å². The number of hydrogen-bond acceptors (Lipinski definition) is 6. The number of allylic oxidation sites excluding steroid dienone is 1. The quantitative estimate of drug-likeness (QED) is 0.338. The Labute approximate surface area is 172 Å². The van der Waals surface area contributed by atoms with E-state index in [1.807, 2.05) is 18.4 Å². The molecular weight excluding hydrogens is 388 g/mol. The molecule has 0 saturated carbocycles. The van der Waals surface area contributed by atoms with Gasteiger partial charge in [0.25, 0.3) is 0 Å². The highest BCUT2D eigenvalue weighted by atomic mass is 32.1. The van der Waals surface area contributed by atoms with Crippen LogP contribution in [0.3, 0.4) is 0 Å². The summed E-state index contributed by atoms with van der Waals surface area (Å²) < 4.78 is 16.5. The van der Waals surface area contributed by atoms with Gasteiger partial charge in [0, 0.05) is 16.5 Å². The molecule has 146 valence electrons. The van der Waals surface area contributed by atoms with Gasteiger partial charge in [0.05, 0.1) is 18.2 Å². The van der Waals surface area contributed by atoms with Crippen LogP contribution in [0.25, 0.3) is 6.08 Å². The molecule has 2 aromatic carbocycles. The maximum Gasteiger partial charge on any atom is 0.343 e. The van der Waals surface area contributed by atoms with Crippen LogP contribution >= 0.6 is 11.3 Å². The summed E-state index contributed by atoms with van der Waals surface area (Å²) in [6.07, 6.45) is 1.75. The van der Waals surface area contributed by atoms with Crippen LogP contribution in [0.5, 0.6) is 17.2 Å². The molecule has 0 fully saturated rings. The molecule has 0 amide bonds. The second-order valence-corrected chi connectivity index (χ2v) is 7.54. The van der Waals surface area contributed by atoms with Crippen molar-refractivity contribution in [2.24, 2.45) is 0 Å². The zero-order valence-corrected chi connectivity index (χ0v) is 17.0. The van der Waals surface area contributed by atoms with E-state index in [0.29, 0.717) is 33.9 Å². The van der Waals surface area contributed by atoms with Gasteiger partial charge in [0.15, 0.2) is 5.76 Å². The predicted octanol–water partition coefficient (Wildman–Crippen LogP) is 5.21. The third-order valence-electron chi connectivity index (χ3n) is 4.71. The molecule has 0 bridgehead atoms. The summed E-state index contributed by atoms with van der Waals surface area (Å²) in [4.78, 5) is 26.2. The van der Waals surface area contributed by atoms with E-state index in [1.54, 1.807) is 60.7 Å². The second-order valence-electron chi connectivity index (χ2n) is 6.59. The molecule has 6 heteroatoms. The molecule has 4 rings (SSSR count). The molecule has 0 spiro atoms. The molecular formula is C23H18O5S. The summed E-state index contributed by atoms with van der Waals surface area (Å²) in [5.74, 6) is 0.912. The molecule has 5 nitrogen and oxygen atoms in total. The first-order valence-electron chi connectivity index (χ1n) is 8.96. The zero-order valence-electron chi connectivity index (χ0n) is 16.1. The van der Waals surface area contributed by atoms with Gasteiger partial charge >= 0.3 is 5.97 Å². The van der Waals surface area contributed by atoms with Crippen molar-refractivity contribution in [3.8, 4) is 17.2 Å². The number of esters is 1. The van der Waals surface area contributed by atoms with E-state index in [-0.39, 0.29) is 11.5 Å². The average Bonchev–Trinajstić information content (AvgIpc) is 3.28. The normalized spacial score (nSPS) is 13.9. The third-order valence-corrected chi connectivity index (χ3v) is 5.67. The van der Waals surface area contributed by atoms with Crippen molar-refractivity contribution < 1.29 is 23.8 Å². The number of fused-ring (bicyclic) bond motifs is 1. The van der Waals surface area contributed by atoms with Crippen molar-refractivity contribution >= 4 is 29.2 Å². The first-order chi connectivity index (χ1) is 14.0. The van der Waals surface area contributed by atoms with Crippen molar-refractivity contribution in [1.82, 2.24) is 0 Å². The fourth-order valence-corrected chi connectivity index (χ4v) is 3.89. The smallest absolute Gasteiger partial charge is 0.343 e.